The summed E-state index contributed by atoms with van der Waals surface area (Å²) < 4.78 is 6.53. The van der Waals surface area contributed by atoms with Crippen molar-refractivity contribution in [2.24, 2.45) is 0 Å². The summed E-state index contributed by atoms with van der Waals surface area (Å²) in [5.41, 5.74) is 0.956. The molecule has 0 saturated heterocycles. The first-order valence-corrected chi connectivity index (χ1v) is 6.52. The van der Waals surface area contributed by atoms with Crippen LogP contribution in [0.3, 0.4) is 0 Å². The number of pyridine rings is 2. The van der Waals surface area contributed by atoms with Crippen LogP contribution in [0, 0.1) is 0 Å². The fourth-order valence-electron chi connectivity index (χ4n) is 1.43. The lowest BCUT2D eigenvalue weighted by Gasteiger charge is -2.06. The van der Waals surface area contributed by atoms with Crippen LogP contribution in [-0.4, -0.2) is 16.5 Å². The van der Waals surface area contributed by atoms with Gasteiger partial charge in [-0.1, -0.05) is 13.0 Å². The number of ether oxygens (including phenoxy) is 1. The molecule has 0 aliphatic heterocycles. The minimum Gasteiger partial charge on any atom is -0.437 e. The summed E-state index contributed by atoms with van der Waals surface area (Å²) in [7, 11) is 0. The van der Waals surface area contributed by atoms with Crippen LogP contribution in [0.5, 0.6) is 11.6 Å². The van der Waals surface area contributed by atoms with Crippen molar-refractivity contribution in [1.82, 2.24) is 15.3 Å². The molecule has 2 heterocycles. The molecule has 4 nitrogen and oxygen atoms in total. The van der Waals surface area contributed by atoms with Crippen molar-refractivity contribution in [2.75, 3.05) is 6.54 Å². The largest absolute Gasteiger partial charge is 0.437 e. The quantitative estimate of drug-likeness (QED) is 0.922. The Kier molecular flexibility index (Phi) is 4.66. The summed E-state index contributed by atoms with van der Waals surface area (Å²) in [4.78, 5) is 8.45. The van der Waals surface area contributed by atoms with E-state index in [0.717, 1.165) is 23.3 Å². The van der Waals surface area contributed by atoms with Gasteiger partial charge in [0.2, 0.25) is 5.88 Å². The molecule has 0 spiro atoms. The number of nitrogens with zero attached hydrogens (tertiary/aromatic N) is 2. The molecule has 94 valence electrons. The average Bonchev–Trinajstić information content (AvgIpc) is 2.37. The first-order chi connectivity index (χ1) is 8.78. The fourth-order valence-corrected chi connectivity index (χ4v) is 1.78. The molecule has 0 unspecified atom stereocenters. The van der Waals surface area contributed by atoms with E-state index in [1.165, 1.54) is 0 Å². The summed E-state index contributed by atoms with van der Waals surface area (Å²) in [6.45, 7) is 3.72. The number of hydrogen-bond donors (Lipinski definition) is 1. The highest BCUT2D eigenvalue weighted by Gasteiger charge is 2.01. The second kappa shape index (κ2) is 6.47. The molecular weight excluding hydrogens is 294 g/mol. The van der Waals surface area contributed by atoms with Crippen LogP contribution in [0.15, 0.2) is 41.1 Å². The molecule has 2 rings (SSSR count). The predicted molar refractivity (Wildman–Crippen MR) is 73.6 cm³/mol. The molecule has 0 aliphatic rings. The third-order valence-corrected chi connectivity index (χ3v) is 2.67. The number of halogens is 1. The van der Waals surface area contributed by atoms with Crippen LogP contribution >= 0.6 is 15.9 Å². The van der Waals surface area contributed by atoms with Gasteiger partial charge in [-0.15, -0.1) is 0 Å². The molecule has 0 saturated carbocycles. The first-order valence-electron chi connectivity index (χ1n) is 5.73. The normalized spacial score (nSPS) is 10.3. The highest BCUT2D eigenvalue weighted by molar-refractivity contribution is 9.10. The van der Waals surface area contributed by atoms with Crippen LogP contribution in [0.2, 0.25) is 0 Å². The maximum absolute atomic E-state index is 5.65. The van der Waals surface area contributed by atoms with Crippen molar-refractivity contribution < 1.29 is 4.74 Å². The molecule has 2 aromatic heterocycles. The topological polar surface area (TPSA) is 47.0 Å². The van der Waals surface area contributed by atoms with E-state index in [1.807, 2.05) is 24.3 Å². The molecule has 0 fully saturated rings. The summed E-state index contributed by atoms with van der Waals surface area (Å²) >= 11 is 3.35. The molecule has 18 heavy (non-hydrogen) atoms. The van der Waals surface area contributed by atoms with Gasteiger partial charge in [0.05, 0.1) is 11.9 Å². The summed E-state index contributed by atoms with van der Waals surface area (Å²) in [5.74, 6) is 1.24. The van der Waals surface area contributed by atoms with Gasteiger partial charge >= 0.3 is 0 Å². The van der Waals surface area contributed by atoms with Crippen LogP contribution in [0.25, 0.3) is 0 Å². The molecule has 0 amide bonds. The van der Waals surface area contributed by atoms with Crippen molar-refractivity contribution in [3.63, 3.8) is 0 Å². The second-order valence-electron chi connectivity index (χ2n) is 3.69. The molecule has 0 aliphatic carbocycles. The summed E-state index contributed by atoms with van der Waals surface area (Å²) in [6, 6.07) is 7.58. The standard InChI is InChI=1S/C13H14BrN3O/c1-2-15-8-11-4-3-5-13(17-11)18-12-6-10(14)7-16-9-12/h3-7,9,15H,2,8H2,1H3. The Hall–Kier alpha value is -1.46. The molecule has 0 radical (unpaired) electrons. The molecule has 0 bridgehead atoms. The third kappa shape index (κ3) is 3.78. The zero-order valence-electron chi connectivity index (χ0n) is 10.1. The highest BCUT2D eigenvalue weighted by Crippen LogP contribution is 2.21. The molecule has 5 heteroatoms. The number of rotatable bonds is 5. The Balaban J connectivity index is 2.09. The fraction of sp³-hybridized carbons (Fsp3) is 0.231. The summed E-state index contributed by atoms with van der Waals surface area (Å²) in [5, 5.41) is 3.23. The van der Waals surface area contributed by atoms with E-state index < -0.39 is 0 Å². The Morgan fingerprint density at radius 3 is 3.00 bits per heavy atom. The zero-order valence-corrected chi connectivity index (χ0v) is 11.6. The van der Waals surface area contributed by atoms with E-state index in [2.05, 4.69) is 38.1 Å². The van der Waals surface area contributed by atoms with Crippen LogP contribution in [-0.2, 0) is 6.54 Å². The van der Waals surface area contributed by atoms with E-state index in [0.29, 0.717) is 11.6 Å². The Bertz CT molecular complexity index is 519. The van der Waals surface area contributed by atoms with Crippen molar-refractivity contribution >= 4 is 15.9 Å². The molecule has 1 N–H and O–H groups in total. The van der Waals surface area contributed by atoms with Gasteiger partial charge in [0.15, 0.2) is 0 Å². The minimum absolute atomic E-state index is 0.574. The van der Waals surface area contributed by atoms with E-state index in [9.17, 15) is 0 Å². The molecule has 0 atom stereocenters. The first kappa shape index (κ1) is 13.0. The highest BCUT2D eigenvalue weighted by atomic mass is 79.9. The van der Waals surface area contributed by atoms with Gasteiger partial charge in [-0.05, 0) is 34.6 Å². The maximum Gasteiger partial charge on any atom is 0.219 e. The molecule has 2 aromatic rings. The van der Waals surface area contributed by atoms with E-state index in [1.54, 1.807) is 12.4 Å². The van der Waals surface area contributed by atoms with Crippen LogP contribution in [0.1, 0.15) is 12.6 Å². The summed E-state index contributed by atoms with van der Waals surface area (Å²) in [6.07, 6.45) is 3.37. The van der Waals surface area contributed by atoms with Gasteiger partial charge in [0, 0.05) is 23.3 Å². The smallest absolute Gasteiger partial charge is 0.219 e. The van der Waals surface area contributed by atoms with E-state index in [4.69, 9.17) is 4.74 Å². The Labute approximate surface area is 115 Å². The predicted octanol–water partition coefficient (Wildman–Crippen LogP) is 3.14. The molecule has 0 aromatic carbocycles. The van der Waals surface area contributed by atoms with Crippen molar-refractivity contribution in [3.8, 4) is 11.6 Å². The minimum atomic E-state index is 0.574. The van der Waals surface area contributed by atoms with Crippen molar-refractivity contribution in [2.45, 2.75) is 13.5 Å². The van der Waals surface area contributed by atoms with Gasteiger partial charge in [-0.25, -0.2) is 4.98 Å². The second-order valence-corrected chi connectivity index (χ2v) is 4.60. The number of hydrogen-bond acceptors (Lipinski definition) is 4. The lowest BCUT2D eigenvalue weighted by Crippen LogP contribution is -2.12. The number of aromatic nitrogens is 2. The van der Waals surface area contributed by atoms with Crippen LogP contribution in [0.4, 0.5) is 0 Å². The number of nitrogens with one attached hydrogen (secondary N) is 1. The SMILES string of the molecule is CCNCc1cccc(Oc2cncc(Br)c2)n1. The third-order valence-electron chi connectivity index (χ3n) is 2.24. The lowest BCUT2D eigenvalue weighted by molar-refractivity contribution is 0.457. The van der Waals surface area contributed by atoms with E-state index >= 15 is 0 Å². The van der Waals surface area contributed by atoms with Gasteiger partial charge < -0.3 is 10.1 Å². The van der Waals surface area contributed by atoms with Gasteiger partial charge in [-0.3, -0.25) is 4.98 Å². The Morgan fingerprint density at radius 1 is 1.33 bits per heavy atom. The van der Waals surface area contributed by atoms with E-state index in [-0.39, 0.29) is 0 Å². The Morgan fingerprint density at radius 2 is 2.22 bits per heavy atom. The van der Waals surface area contributed by atoms with Gasteiger partial charge in [-0.2, -0.15) is 0 Å². The lowest BCUT2D eigenvalue weighted by atomic mass is 10.3. The van der Waals surface area contributed by atoms with Gasteiger partial charge in [0.1, 0.15) is 5.75 Å². The molecular formula is C13H14BrN3O. The zero-order chi connectivity index (χ0) is 12.8. The van der Waals surface area contributed by atoms with Crippen LogP contribution < -0.4 is 10.1 Å². The van der Waals surface area contributed by atoms with Crippen molar-refractivity contribution in [1.29, 1.82) is 0 Å². The average molecular weight is 308 g/mol. The van der Waals surface area contributed by atoms with Gasteiger partial charge in [0.25, 0.3) is 0 Å². The van der Waals surface area contributed by atoms with Crippen molar-refractivity contribution in [3.05, 3.63) is 46.8 Å². The monoisotopic (exact) mass is 307 g/mol. The maximum atomic E-state index is 5.65.